The number of carbonyl (C=O) groups excluding carboxylic acids is 1. The molecule has 2 atom stereocenters. The molecule has 1 saturated carbocycles. The van der Waals surface area contributed by atoms with Gasteiger partial charge in [-0.1, -0.05) is 12.8 Å². The molecule has 3 N–H and O–H groups in total. The number of nitrogens with zero attached hydrogens (tertiary/aromatic N) is 2. The first-order valence-corrected chi connectivity index (χ1v) is 7.42. The fourth-order valence-electron chi connectivity index (χ4n) is 2.25. The molecule has 0 aliphatic heterocycles. The van der Waals surface area contributed by atoms with Crippen LogP contribution in [0.3, 0.4) is 0 Å². The highest BCUT2D eigenvalue weighted by Crippen LogP contribution is 2.27. The lowest BCUT2D eigenvalue weighted by molar-refractivity contribution is 0.0923. The lowest BCUT2D eigenvalue weighted by atomic mass is 9.95. The van der Waals surface area contributed by atoms with E-state index in [1.54, 1.807) is 12.1 Å². The number of nitrogens with one attached hydrogen (secondary N) is 1. The summed E-state index contributed by atoms with van der Waals surface area (Å²) in [7, 11) is 0. The summed E-state index contributed by atoms with van der Waals surface area (Å²) in [5.74, 6) is 0.166. The molecule has 0 saturated heterocycles. The maximum absolute atomic E-state index is 12.0. The van der Waals surface area contributed by atoms with E-state index < -0.39 is 0 Å². The van der Waals surface area contributed by atoms with E-state index in [1.165, 1.54) is 19.3 Å². The Morgan fingerprint density at radius 3 is 2.83 bits per heavy atom. The van der Waals surface area contributed by atoms with E-state index in [0.717, 1.165) is 6.42 Å². The lowest BCUT2D eigenvalue weighted by Crippen LogP contribution is -2.44. The summed E-state index contributed by atoms with van der Waals surface area (Å²) in [6.07, 6.45) is 6.73. The largest absolute Gasteiger partial charge is 0.382 e. The molecule has 0 aromatic carbocycles. The zero-order valence-corrected chi connectivity index (χ0v) is 11.2. The maximum atomic E-state index is 12.0. The number of amides is 1. The molecule has 1 aliphatic carbocycles. The van der Waals surface area contributed by atoms with Crippen LogP contribution in [0.15, 0.2) is 12.1 Å². The maximum Gasteiger partial charge on any atom is 0.272 e. The predicted octanol–water partition coefficient (Wildman–Crippen LogP) is 1.46. The summed E-state index contributed by atoms with van der Waals surface area (Å²) in [6.45, 7) is 0. The average Bonchev–Trinajstić information content (AvgIpc) is 2.40. The second-order valence-corrected chi connectivity index (χ2v) is 5.56. The number of nitrogen functional groups attached to an aromatic ring is 1. The summed E-state index contributed by atoms with van der Waals surface area (Å²) in [5.41, 5.74) is 5.77. The summed E-state index contributed by atoms with van der Waals surface area (Å²) in [4.78, 5) is 12.0. The molecule has 1 aromatic rings. The first kappa shape index (κ1) is 13.1. The molecule has 6 heteroatoms. The van der Waals surface area contributed by atoms with Crippen molar-refractivity contribution in [1.29, 1.82) is 0 Å². The van der Waals surface area contributed by atoms with Gasteiger partial charge in [0.05, 0.1) is 0 Å². The zero-order chi connectivity index (χ0) is 13.0. The fourth-order valence-corrected chi connectivity index (χ4v) is 3.19. The van der Waals surface area contributed by atoms with Gasteiger partial charge >= 0.3 is 0 Å². The van der Waals surface area contributed by atoms with Crippen LogP contribution in [0, 0.1) is 0 Å². The van der Waals surface area contributed by atoms with E-state index in [4.69, 9.17) is 5.73 Å². The van der Waals surface area contributed by atoms with Crippen LogP contribution in [0.25, 0.3) is 0 Å². The highest BCUT2D eigenvalue weighted by atomic mass is 32.2. The number of anilines is 1. The number of carbonyl (C=O) groups is 1. The third-order valence-corrected chi connectivity index (χ3v) is 4.41. The highest BCUT2D eigenvalue weighted by molar-refractivity contribution is 7.99. The van der Waals surface area contributed by atoms with Crippen LogP contribution < -0.4 is 11.1 Å². The van der Waals surface area contributed by atoms with E-state index in [9.17, 15) is 4.79 Å². The SMILES string of the molecule is CSC1CCCCC1NC(=O)c1ccc(N)nn1. The van der Waals surface area contributed by atoms with Crippen LogP contribution >= 0.6 is 11.8 Å². The molecule has 5 nitrogen and oxygen atoms in total. The van der Waals surface area contributed by atoms with Gasteiger partial charge in [0.15, 0.2) is 5.69 Å². The van der Waals surface area contributed by atoms with Crippen LogP contribution in [0.4, 0.5) is 5.82 Å². The minimum atomic E-state index is -0.159. The van der Waals surface area contributed by atoms with Gasteiger partial charge < -0.3 is 11.1 Å². The van der Waals surface area contributed by atoms with Crippen LogP contribution in [0.1, 0.15) is 36.2 Å². The number of thioether (sulfide) groups is 1. The summed E-state index contributed by atoms with van der Waals surface area (Å²) >= 11 is 1.82. The van der Waals surface area contributed by atoms with Gasteiger partial charge in [0.2, 0.25) is 0 Å². The van der Waals surface area contributed by atoms with Gasteiger partial charge in [-0.15, -0.1) is 10.2 Å². The van der Waals surface area contributed by atoms with Crippen molar-refractivity contribution in [2.75, 3.05) is 12.0 Å². The Morgan fingerprint density at radius 1 is 1.39 bits per heavy atom. The smallest absolute Gasteiger partial charge is 0.272 e. The van der Waals surface area contributed by atoms with E-state index in [-0.39, 0.29) is 11.9 Å². The minimum absolute atomic E-state index is 0.159. The second kappa shape index (κ2) is 6.04. The van der Waals surface area contributed by atoms with Crippen molar-refractivity contribution < 1.29 is 4.79 Å². The monoisotopic (exact) mass is 266 g/mol. The van der Waals surface area contributed by atoms with Gasteiger partial charge in [-0.2, -0.15) is 11.8 Å². The number of nitrogens with two attached hydrogens (primary N) is 1. The molecule has 1 heterocycles. The zero-order valence-electron chi connectivity index (χ0n) is 10.4. The van der Waals surface area contributed by atoms with Gasteiger partial charge in [0.1, 0.15) is 5.82 Å². The summed E-state index contributed by atoms with van der Waals surface area (Å²) in [6, 6.07) is 3.43. The molecule has 18 heavy (non-hydrogen) atoms. The Balaban J connectivity index is 1.99. The molecule has 1 fully saturated rings. The standard InChI is InChI=1S/C12H18N4OS/c1-18-10-5-3-2-4-8(10)14-12(17)9-6-7-11(13)16-15-9/h6-8,10H,2-5H2,1H3,(H2,13,16)(H,14,17). The third kappa shape index (κ3) is 3.13. The van der Waals surface area contributed by atoms with E-state index in [1.807, 2.05) is 11.8 Å². The second-order valence-electron chi connectivity index (χ2n) is 4.48. The Hall–Kier alpha value is -1.30. The van der Waals surface area contributed by atoms with Crippen molar-refractivity contribution in [2.45, 2.75) is 37.0 Å². The number of hydrogen-bond donors (Lipinski definition) is 2. The van der Waals surface area contributed by atoms with Crippen LogP contribution in [0.2, 0.25) is 0 Å². The Bertz CT molecular complexity index is 409. The topological polar surface area (TPSA) is 80.9 Å². The molecule has 2 unspecified atom stereocenters. The molecular weight excluding hydrogens is 248 g/mol. The first-order chi connectivity index (χ1) is 8.70. The van der Waals surface area contributed by atoms with Gasteiger partial charge in [0, 0.05) is 11.3 Å². The fraction of sp³-hybridized carbons (Fsp3) is 0.583. The molecular formula is C12H18N4OS. The summed E-state index contributed by atoms with van der Waals surface area (Å²) in [5, 5.41) is 11.1. The molecule has 2 rings (SSSR count). The van der Waals surface area contributed by atoms with E-state index in [0.29, 0.717) is 16.8 Å². The molecule has 0 bridgehead atoms. The van der Waals surface area contributed by atoms with E-state index in [2.05, 4.69) is 21.8 Å². The van der Waals surface area contributed by atoms with Crippen molar-refractivity contribution in [3.63, 3.8) is 0 Å². The molecule has 1 amide bonds. The quantitative estimate of drug-likeness (QED) is 0.865. The van der Waals surface area contributed by atoms with Crippen molar-refractivity contribution in [1.82, 2.24) is 15.5 Å². The average molecular weight is 266 g/mol. The summed E-state index contributed by atoms with van der Waals surface area (Å²) < 4.78 is 0. The van der Waals surface area contributed by atoms with Gasteiger partial charge in [-0.25, -0.2) is 0 Å². The van der Waals surface area contributed by atoms with E-state index >= 15 is 0 Å². The lowest BCUT2D eigenvalue weighted by Gasteiger charge is -2.30. The Morgan fingerprint density at radius 2 is 2.17 bits per heavy atom. The van der Waals surface area contributed by atoms with Crippen molar-refractivity contribution >= 4 is 23.5 Å². The third-order valence-electron chi connectivity index (χ3n) is 3.24. The number of hydrogen-bond acceptors (Lipinski definition) is 5. The highest BCUT2D eigenvalue weighted by Gasteiger charge is 2.26. The van der Waals surface area contributed by atoms with Gasteiger partial charge in [0.25, 0.3) is 5.91 Å². The minimum Gasteiger partial charge on any atom is -0.382 e. The Labute approximate surface area is 111 Å². The molecule has 0 spiro atoms. The number of aromatic nitrogens is 2. The number of rotatable bonds is 3. The molecule has 1 aliphatic rings. The van der Waals surface area contributed by atoms with Gasteiger partial charge in [-0.3, -0.25) is 4.79 Å². The van der Waals surface area contributed by atoms with Crippen LogP contribution in [-0.4, -0.2) is 33.7 Å². The van der Waals surface area contributed by atoms with Crippen molar-refractivity contribution in [3.05, 3.63) is 17.8 Å². The van der Waals surface area contributed by atoms with Crippen molar-refractivity contribution in [2.24, 2.45) is 0 Å². The Kier molecular flexibility index (Phi) is 4.41. The first-order valence-electron chi connectivity index (χ1n) is 6.13. The molecule has 0 radical (unpaired) electrons. The van der Waals surface area contributed by atoms with Crippen molar-refractivity contribution in [3.8, 4) is 0 Å². The molecule has 98 valence electrons. The normalized spacial score (nSPS) is 23.6. The predicted molar refractivity (Wildman–Crippen MR) is 73.5 cm³/mol. The molecule has 1 aromatic heterocycles. The van der Waals surface area contributed by atoms with Gasteiger partial charge in [-0.05, 0) is 31.2 Å². The van der Waals surface area contributed by atoms with Crippen LogP contribution in [-0.2, 0) is 0 Å². The van der Waals surface area contributed by atoms with Crippen LogP contribution in [0.5, 0.6) is 0 Å².